The second kappa shape index (κ2) is 16.9. The van der Waals surface area contributed by atoms with E-state index in [4.69, 9.17) is 10.2 Å². The van der Waals surface area contributed by atoms with E-state index in [0.717, 1.165) is 5.56 Å². The van der Waals surface area contributed by atoms with Crippen molar-refractivity contribution < 1.29 is 28.7 Å². The first-order chi connectivity index (χ1) is 22.5. The molecular weight excluding hydrogens is 614 g/mol. The number of aryl methyl sites for hydroxylation is 1. The number of phenols is 1. The van der Waals surface area contributed by atoms with Crippen LogP contribution in [0.2, 0.25) is 0 Å². The van der Waals surface area contributed by atoms with Gasteiger partial charge < -0.3 is 36.5 Å². The molecule has 3 rings (SSSR count). The van der Waals surface area contributed by atoms with Gasteiger partial charge in [0.25, 0.3) is 0 Å². The van der Waals surface area contributed by atoms with Crippen molar-refractivity contribution in [1.29, 1.82) is 0 Å². The van der Waals surface area contributed by atoms with Crippen molar-refractivity contribution >= 4 is 40.3 Å². The predicted octanol–water partition coefficient (Wildman–Crippen LogP) is 3.52. The Bertz CT molecular complexity index is 1650. The van der Waals surface area contributed by atoms with Crippen LogP contribution in [-0.4, -0.2) is 52.9 Å². The highest BCUT2D eigenvalue weighted by atomic mass is 16.4. The lowest BCUT2D eigenvalue weighted by Crippen LogP contribution is -2.59. The van der Waals surface area contributed by atoms with Crippen LogP contribution in [0.15, 0.2) is 57.7 Å². The Morgan fingerprint density at radius 2 is 1.40 bits per heavy atom. The van der Waals surface area contributed by atoms with E-state index in [1.165, 1.54) is 24.3 Å². The van der Waals surface area contributed by atoms with Gasteiger partial charge in [0.1, 0.15) is 29.5 Å². The number of aromatic hydroxyl groups is 1. The number of rotatable bonds is 15. The van der Waals surface area contributed by atoms with E-state index in [2.05, 4.69) is 21.3 Å². The lowest BCUT2D eigenvalue weighted by atomic mass is 9.98. The van der Waals surface area contributed by atoms with Gasteiger partial charge in [0.15, 0.2) is 0 Å². The third-order valence-corrected chi connectivity index (χ3v) is 7.88. The van der Waals surface area contributed by atoms with Crippen LogP contribution in [0.4, 0.5) is 5.69 Å². The SMILES string of the molecule is Cc1cc(=O)oc2cc(NC(=O)[C@H](Cc3ccc(O)cc3)NC(=O)[C@@H](NC(=O)[C@H](CC(C)C)NC(=O)[C@@H](N)CC(C)C)C(C)C)ccc12. The van der Waals surface area contributed by atoms with E-state index in [-0.39, 0.29) is 29.9 Å². The molecule has 0 bridgehead atoms. The first-order valence-electron chi connectivity index (χ1n) is 16.3. The summed E-state index contributed by atoms with van der Waals surface area (Å²) >= 11 is 0. The number of amides is 4. The normalized spacial score (nSPS) is 14.0. The number of phenolic OH excluding ortho intramolecular Hbond substituents is 1. The lowest BCUT2D eigenvalue weighted by molar-refractivity contribution is -0.134. The van der Waals surface area contributed by atoms with Gasteiger partial charge in [0, 0.05) is 29.6 Å². The van der Waals surface area contributed by atoms with Gasteiger partial charge in [0.2, 0.25) is 23.6 Å². The highest BCUT2D eigenvalue weighted by Crippen LogP contribution is 2.21. The average Bonchev–Trinajstić information content (AvgIpc) is 2.98. The van der Waals surface area contributed by atoms with Crippen molar-refractivity contribution in [1.82, 2.24) is 16.0 Å². The van der Waals surface area contributed by atoms with Crippen molar-refractivity contribution in [2.45, 2.75) is 91.9 Å². The highest BCUT2D eigenvalue weighted by Gasteiger charge is 2.32. The number of nitrogens with two attached hydrogens (primary N) is 1. The van der Waals surface area contributed by atoms with Crippen LogP contribution >= 0.6 is 0 Å². The third kappa shape index (κ3) is 10.9. The maximum absolute atomic E-state index is 13.8. The van der Waals surface area contributed by atoms with Gasteiger partial charge in [-0.1, -0.05) is 53.7 Å². The summed E-state index contributed by atoms with van der Waals surface area (Å²) in [5.41, 5.74) is 7.59. The topological polar surface area (TPSA) is 193 Å². The van der Waals surface area contributed by atoms with Crippen LogP contribution in [0, 0.1) is 24.7 Å². The molecular formula is C36H49N5O7. The van der Waals surface area contributed by atoms with Crippen molar-refractivity contribution in [3.8, 4) is 5.75 Å². The van der Waals surface area contributed by atoms with Crippen molar-refractivity contribution in [3.63, 3.8) is 0 Å². The molecule has 4 amide bonds. The molecule has 1 aromatic heterocycles. The van der Waals surface area contributed by atoms with E-state index in [9.17, 15) is 29.1 Å². The first-order valence-corrected chi connectivity index (χ1v) is 16.3. The molecule has 0 aliphatic heterocycles. The lowest BCUT2D eigenvalue weighted by Gasteiger charge is -2.28. The average molecular weight is 664 g/mol. The molecule has 0 fully saturated rings. The zero-order valence-electron chi connectivity index (χ0n) is 28.8. The number of hydrogen-bond acceptors (Lipinski definition) is 8. The van der Waals surface area contributed by atoms with Gasteiger partial charge in [0.05, 0.1) is 6.04 Å². The molecule has 0 aliphatic carbocycles. The molecule has 3 aromatic rings. The summed E-state index contributed by atoms with van der Waals surface area (Å²) in [4.78, 5) is 65.7. The number of hydrogen-bond donors (Lipinski definition) is 6. The van der Waals surface area contributed by atoms with Gasteiger partial charge in [-0.05, 0) is 72.9 Å². The van der Waals surface area contributed by atoms with Gasteiger partial charge in [-0.2, -0.15) is 0 Å². The van der Waals surface area contributed by atoms with Crippen molar-refractivity contribution in [2.24, 2.45) is 23.5 Å². The molecule has 260 valence electrons. The summed E-state index contributed by atoms with van der Waals surface area (Å²) in [6, 6.07) is 8.71. The van der Waals surface area contributed by atoms with Crippen LogP contribution in [0.3, 0.4) is 0 Å². The fraction of sp³-hybridized carbons (Fsp3) is 0.472. The second-order valence-corrected chi connectivity index (χ2v) is 13.5. The summed E-state index contributed by atoms with van der Waals surface area (Å²) in [5, 5.41) is 21.6. The summed E-state index contributed by atoms with van der Waals surface area (Å²) in [5.74, 6) is -2.20. The zero-order valence-corrected chi connectivity index (χ0v) is 28.8. The van der Waals surface area contributed by atoms with Crippen LogP contribution in [0.25, 0.3) is 11.0 Å². The minimum absolute atomic E-state index is 0.0486. The minimum Gasteiger partial charge on any atom is -0.508 e. The van der Waals surface area contributed by atoms with Crippen LogP contribution in [0.1, 0.15) is 65.5 Å². The van der Waals surface area contributed by atoms with Gasteiger partial charge in [-0.3, -0.25) is 19.2 Å². The quantitative estimate of drug-likeness (QED) is 0.133. The van der Waals surface area contributed by atoms with Crippen LogP contribution < -0.4 is 32.6 Å². The number of fused-ring (bicyclic) bond motifs is 1. The standard InChI is InChI=1S/C36H49N5O7/c1-19(2)14-27(37)33(44)39-28(15-20(3)4)35(46)41-32(21(5)6)36(47)40-29(17-23-8-11-25(42)12-9-23)34(45)38-24-10-13-26-22(7)16-31(43)48-30(26)18-24/h8-13,16,18-21,27-29,32,42H,14-15,17,37H2,1-7H3,(H,38,45)(H,39,44)(H,40,47)(H,41,46)/t27-,28-,29-,32-/m0/s1. The molecule has 2 aromatic carbocycles. The molecule has 0 radical (unpaired) electrons. The maximum atomic E-state index is 13.8. The summed E-state index contributed by atoms with van der Waals surface area (Å²) in [6.45, 7) is 13.1. The number of nitrogens with one attached hydrogen (secondary N) is 4. The molecule has 4 atom stereocenters. The van der Waals surface area contributed by atoms with E-state index >= 15 is 0 Å². The molecule has 0 saturated heterocycles. The Hall–Kier alpha value is -4.71. The van der Waals surface area contributed by atoms with Crippen LogP contribution in [0.5, 0.6) is 5.75 Å². The molecule has 12 heteroatoms. The third-order valence-electron chi connectivity index (χ3n) is 7.88. The van der Waals surface area contributed by atoms with Gasteiger partial charge >= 0.3 is 5.63 Å². The molecule has 0 spiro atoms. The summed E-state index contributed by atoms with van der Waals surface area (Å²) in [7, 11) is 0. The largest absolute Gasteiger partial charge is 0.508 e. The Morgan fingerprint density at radius 3 is 2.00 bits per heavy atom. The zero-order chi connectivity index (χ0) is 35.7. The Balaban J connectivity index is 1.84. The Morgan fingerprint density at radius 1 is 0.771 bits per heavy atom. The predicted molar refractivity (Wildman–Crippen MR) is 185 cm³/mol. The monoisotopic (exact) mass is 663 g/mol. The van der Waals surface area contributed by atoms with Crippen molar-refractivity contribution in [2.75, 3.05) is 5.32 Å². The highest BCUT2D eigenvalue weighted by molar-refractivity contribution is 6.00. The van der Waals surface area contributed by atoms with E-state index in [1.807, 2.05) is 27.7 Å². The molecule has 12 nitrogen and oxygen atoms in total. The number of carbonyl (C=O) groups is 4. The molecule has 1 heterocycles. The smallest absolute Gasteiger partial charge is 0.336 e. The van der Waals surface area contributed by atoms with E-state index in [0.29, 0.717) is 35.1 Å². The molecule has 0 saturated carbocycles. The Labute approximate surface area is 281 Å². The maximum Gasteiger partial charge on any atom is 0.336 e. The molecule has 0 unspecified atom stereocenters. The minimum atomic E-state index is -1.10. The fourth-order valence-electron chi connectivity index (χ4n) is 5.36. The summed E-state index contributed by atoms with van der Waals surface area (Å²) in [6.07, 6.45) is 0.852. The van der Waals surface area contributed by atoms with E-state index < -0.39 is 53.4 Å². The number of benzene rings is 2. The van der Waals surface area contributed by atoms with Crippen LogP contribution in [-0.2, 0) is 25.6 Å². The molecule has 48 heavy (non-hydrogen) atoms. The second-order valence-electron chi connectivity index (χ2n) is 13.5. The molecule has 0 aliphatic rings. The summed E-state index contributed by atoms with van der Waals surface area (Å²) < 4.78 is 5.31. The number of carbonyl (C=O) groups excluding carboxylic acids is 4. The van der Waals surface area contributed by atoms with E-state index in [1.54, 1.807) is 45.0 Å². The van der Waals surface area contributed by atoms with Gasteiger partial charge in [-0.25, -0.2) is 4.79 Å². The first kappa shape index (κ1) is 37.7. The van der Waals surface area contributed by atoms with Crippen molar-refractivity contribution in [3.05, 3.63) is 70.1 Å². The Kier molecular flexibility index (Phi) is 13.3. The fourth-order valence-corrected chi connectivity index (χ4v) is 5.36. The van der Waals surface area contributed by atoms with Gasteiger partial charge in [-0.15, -0.1) is 0 Å². The molecule has 7 N–H and O–H groups in total. The number of anilines is 1.